The van der Waals surface area contributed by atoms with Crippen LogP contribution in [0.4, 0.5) is 10.1 Å². The lowest BCUT2D eigenvalue weighted by molar-refractivity contribution is -0.118. The predicted molar refractivity (Wildman–Crippen MR) is 104 cm³/mol. The first kappa shape index (κ1) is 21.1. The summed E-state index contributed by atoms with van der Waals surface area (Å²) in [5.74, 6) is -1.92. The summed E-state index contributed by atoms with van der Waals surface area (Å²) >= 11 is 0. The number of halogens is 1. The Morgan fingerprint density at radius 1 is 0.964 bits per heavy atom. The minimum atomic E-state index is -0.790. The highest BCUT2D eigenvalue weighted by molar-refractivity contribution is 6.01. The van der Waals surface area contributed by atoms with Gasteiger partial charge in [-0.05, 0) is 61.4 Å². The van der Waals surface area contributed by atoms with Gasteiger partial charge in [0.2, 0.25) is 5.91 Å². The average molecular weight is 386 g/mol. The second-order valence-corrected chi connectivity index (χ2v) is 6.49. The van der Waals surface area contributed by atoms with E-state index in [0.29, 0.717) is 11.3 Å². The van der Waals surface area contributed by atoms with E-state index in [1.165, 1.54) is 24.3 Å². The molecule has 7 heteroatoms. The minimum Gasteiger partial charge on any atom is -0.462 e. The van der Waals surface area contributed by atoms with E-state index in [2.05, 4.69) is 10.6 Å². The third kappa shape index (κ3) is 5.64. The number of nitrogens with one attached hydrogen (secondary N) is 2. The Hall–Kier alpha value is -3.22. The predicted octanol–water partition coefficient (Wildman–Crippen LogP) is 3.40. The van der Waals surface area contributed by atoms with E-state index in [4.69, 9.17) is 4.74 Å². The molecule has 0 heterocycles. The standard InChI is InChI=1S/C21H23FN2O4/c1-4-28-21(27)15-7-11-17(12-8-15)23-20(26)18(13(2)3)24-19(25)14-5-9-16(22)10-6-14/h5-13,18H,4H2,1-3H3,(H,23,26)(H,24,25). The van der Waals surface area contributed by atoms with Crippen molar-refractivity contribution < 1.29 is 23.5 Å². The van der Waals surface area contributed by atoms with E-state index in [0.717, 1.165) is 0 Å². The zero-order chi connectivity index (χ0) is 20.7. The Morgan fingerprint density at radius 3 is 2.07 bits per heavy atom. The van der Waals surface area contributed by atoms with Gasteiger partial charge in [-0.3, -0.25) is 9.59 Å². The largest absolute Gasteiger partial charge is 0.462 e. The minimum absolute atomic E-state index is 0.178. The van der Waals surface area contributed by atoms with Crippen LogP contribution >= 0.6 is 0 Å². The number of esters is 1. The summed E-state index contributed by atoms with van der Waals surface area (Å²) in [6, 6.07) is 10.6. The molecule has 0 aliphatic rings. The molecule has 148 valence electrons. The van der Waals surface area contributed by atoms with Crippen LogP contribution in [0.25, 0.3) is 0 Å². The maximum atomic E-state index is 13.0. The first-order valence-corrected chi connectivity index (χ1v) is 8.96. The van der Waals surface area contributed by atoms with Gasteiger partial charge in [-0.1, -0.05) is 13.8 Å². The van der Waals surface area contributed by atoms with Crippen molar-refractivity contribution in [3.05, 3.63) is 65.5 Å². The second kappa shape index (κ2) is 9.64. The van der Waals surface area contributed by atoms with E-state index in [1.54, 1.807) is 45.0 Å². The normalized spacial score (nSPS) is 11.6. The van der Waals surface area contributed by atoms with Gasteiger partial charge in [0.15, 0.2) is 0 Å². The van der Waals surface area contributed by atoms with Crippen molar-refractivity contribution in [2.75, 3.05) is 11.9 Å². The summed E-state index contributed by atoms with van der Waals surface area (Å²) in [5, 5.41) is 5.39. The molecule has 1 unspecified atom stereocenters. The Morgan fingerprint density at radius 2 is 1.54 bits per heavy atom. The van der Waals surface area contributed by atoms with Crippen molar-refractivity contribution in [3.8, 4) is 0 Å². The molecule has 2 N–H and O–H groups in total. The number of hydrogen-bond acceptors (Lipinski definition) is 4. The van der Waals surface area contributed by atoms with Gasteiger partial charge in [0.1, 0.15) is 11.9 Å². The van der Waals surface area contributed by atoms with Gasteiger partial charge in [0.25, 0.3) is 5.91 Å². The van der Waals surface area contributed by atoms with Crippen molar-refractivity contribution in [3.63, 3.8) is 0 Å². The van der Waals surface area contributed by atoms with Crippen LogP contribution in [0.3, 0.4) is 0 Å². The zero-order valence-corrected chi connectivity index (χ0v) is 16.0. The molecule has 0 saturated heterocycles. The molecule has 0 bridgehead atoms. The molecular formula is C21H23FN2O4. The van der Waals surface area contributed by atoms with Gasteiger partial charge < -0.3 is 15.4 Å². The van der Waals surface area contributed by atoms with Crippen LogP contribution < -0.4 is 10.6 Å². The molecule has 0 aliphatic carbocycles. The summed E-state index contributed by atoms with van der Waals surface area (Å²) in [4.78, 5) is 36.6. The molecule has 0 fully saturated rings. The van der Waals surface area contributed by atoms with E-state index >= 15 is 0 Å². The lowest BCUT2D eigenvalue weighted by atomic mass is 10.0. The van der Waals surface area contributed by atoms with Crippen LogP contribution in [-0.2, 0) is 9.53 Å². The van der Waals surface area contributed by atoms with Crippen LogP contribution in [0.2, 0.25) is 0 Å². The van der Waals surface area contributed by atoms with Gasteiger partial charge >= 0.3 is 5.97 Å². The molecule has 0 aliphatic heterocycles. The molecular weight excluding hydrogens is 363 g/mol. The summed E-state index contributed by atoms with van der Waals surface area (Å²) in [7, 11) is 0. The summed E-state index contributed by atoms with van der Waals surface area (Å²) in [6.07, 6.45) is 0. The molecule has 0 spiro atoms. The fourth-order valence-corrected chi connectivity index (χ4v) is 2.48. The van der Waals surface area contributed by atoms with Gasteiger partial charge in [-0.25, -0.2) is 9.18 Å². The lowest BCUT2D eigenvalue weighted by Gasteiger charge is -2.22. The van der Waals surface area contributed by atoms with Gasteiger partial charge in [-0.2, -0.15) is 0 Å². The molecule has 28 heavy (non-hydrogen) atoms. The number of ether oxygens (including phenoxy) is 1. The van der Waals surface area contributed by atoms with E-state index in [1.807, 2.05) is 0 Å². The fourth-order valence-electron chi connectivity index (χ4n) is 2.48. The summed E-state index contributed by atoms with van der Waals surface area (Å²) in [6.45, 7) is 5.61. The number of carbonyl (C=O) groups excluding carboxylic acids is 3. The van der Waals surface area contributed by atoms with Crippen molar-refractivity contribution >= 4 is 23.5 Å². The second-order valence-electron chi connectivity index (χ2n) is 6.49. The molecule has 2 rings (SSSR count). The Labute approximate surface area is 163 Å². The van der Waals surface area contributed by atoms with Crippen LogP contribution in [0.1, 0.15) is 41.5 Å². The van der Waals surface area contributed by atoms with Crippen molar-refractivity contribution in [1.82, 2.24) is 5.32 Å². The molecule has 0 radical (unpaired) electrons. The highest BCUT2D eigenvalue weighted by Gasteiger charge is 2.25. The molecule has 2 amide bonds. The van der Waals surface area contributed by atoms with Crippen LogP contribution in [0.15, 0.2) is 48.5 Å². The maximum Gasteiger partial charge on any atom is 0.338 e. The van der Waals surface area contributed by atoms with Gasteiger partial charge in [-0.15, -0.1) is 0 Å². The number of hydrogen-bond donors (Lipinski definition) is 2. The summed E-state index contributed by atoms with van der Waals surface area (Å²) in [5.41, 5.74) is 1.13. The Bertz CT molecular complexity index is 832. The monoisotopic (exact) mass is 386 g/mol. The van der Waals surface area contributed by atoms with Crippen molar-refractivity contribution in [1.29, 1.82) is 0 Å². The van der Waals surface area contributed by atoms with Crippen LogP contribution in [-0.4, -0.2) is 30.4 Å². The van der Waals surface area contributed by atoms with Crippen LogP contribution in [0, 0.1) is 11.7 Å². The third-order valence-electron chi connectivity index (χ3n) is 4.01. The third-order valence-corrected chi connectivity index (χ3v) is 4.01. The first-order chi connectivity index (χ1) is 13.3. The number of carbonyl (C=O) groups is 3. The lowest BCUT2D eigenvalue weighted by Crippen LogP contribution is -2.47. The van der Waals surface area contributed by atoms with Crippen molar-refractivity contribution in [2.24, 2.45) is 5.92 Å². The van der Waals surface area contributed by atoms with E-state index < -0.39 is 29.6 Å². The fraction of sp³-hybridized carbons (Fsp3) is 0.286. The van der Waals surface area contributed by atoms with Crippen molar-refractivity contribution in [2.45, 2.75) is 26.8 Å². The quantitative estimate of drug-likeness (QED) is 0.715. The molecule has 0 saturated carbocycles. The van der Waals surface area contributed by atoms with Gasteiger partial charge in [0.05, 0.1) is 12.2 Å². The van der Waals surface area contributed by atoms with E-state index in [9.17, 15) is 18.8 Å². The van der Waals surface area contributed by atoms with E-state index in [-0.39, 0.29) is 18.1 Å². The van der Waals surface area contributed by atoms with Gasteiger partial charge in [0, 0.05) is 11.3 Å². The SMILES string of the molecule is CCOC(=O)c1ccc(NC(=O)C(NC(=O)c2ccc(F)cc2)C(C)C)cc1. The molecule has 0 aromatic heterocycles. The number of benzene rings is 2. The topological polar surface area (TPSA) is 84.5 Å². The Balaban J connectivity index is 2.05. The highest BCUT2D eigenvalue weighted by atomic mass is 19.1. The number of rotatable bonds is 7. The number of anilines is 1. The molecule has 2 aromatic carbocycles. The Kier molecular flexibility index (Phi) is 7.26. The smallest absolute Gasteiger partial charge is 0.338 e. The first-order valence-electron chi connectivity index (χ1n) is 8.96. The maximum absolute atomic E-state index is 13.0. The molecule has 6 nitrogen and oxygen atoms in total. The zero-order valence-electron chi connectivity index (χ0n) is 16.0. The molecule has 1 atom stereocenters. The number of amides is 2. The summed E-state index contributed by atoms with van der Waals surface area (Å²) < 4.78 is 17.9. The van der Waals surface area contributed by atoms with Crippen LogP contribution in [0.5, 0.6) is 0 Å². The molecule has 2 aromatic rings. The highest BCUT2D eigenvalue weighted by Crippen LogP contribution is 2.13. The average Bonchev–Trinajstić information content (AvgIpc) is 2.66.